The third-order valence-corrected chi connectivity index (χ3v) is 4.75. The Hall–Kier alpha value is -2.55. The molecule has 8 nitrogen and oxygen atoms in total. The number of piperidine rings is 1. The first-order valence-corrected chi connectivity index (χ1v) is 8.03. The van der Waals surface area contributed by atoms with Gasteiger partial charge in [0.05, 0.1) is 4.92 Å². The van der Waals surface area contributed by atoms with Crippen LogP contribution in [0.2, 0.25) is 0 Å². The van der Waals surface area contributed by atoms with Crippen LogP contribution in [-0.4, -0.2) is 43.6 Å². The Labute approximate surface area is 143 Å². The standard InChI is InChI=1S/C15H17N5O3S/c1-18-13(16-17-15(18)24)10-6-8-19(9-7-10)14(21)11-2-4-12(5-3-11)20(22)23/h2-5,10H,6-9H2,1H3,(H,17,24). The zero-order chi connectivity index (χ0) is 17.3. The van der Waals surface area contributed by atoms with Crippen LogP contribution >= 0.6 is 12.2 Å². The maximum atomic E-state index is 12.5. The summed E-state index contributed by atoms with van der Waals surface area (Å²) in [6.07, 6.45) is 1.62. The fourth-order valence-electron chi connectivity index (χ4n) is 2.97. The minimum Gasteiger partial charge on any atom is -0.339 e. The smallest absolute Gasteiger partial charge is 0.269 e. The summed E-state index contributed by atoms with van der Waals surface area (Å²) < 4.78 is 2.46. The number of nitrogens with zero attached hydrogens (tertiary/aromatic N) is 4. The summed E-state index contributed by atoms with van der Waals surface area (Å²) >= 11 is 5.13. The van der Waals surface area contributed by atoms with E-state index in [1.54, 1.807) is 4.90 Å². The highest BCUT2D eigenvalue weighted by Crippen LogP contribution is 2.27. The van der Waals surface area contributed by atoms with Crippen molar-refractivity contribution in [1.82, 2.24) is 19.7 Å². The SMILES string of the molecule is Cn1c(C2CCN(C(=O)c3ccc([N+](=O)[O-])cc3)CC2)n[nH]c1=S. The Morgan fingerprint density at radius 3 is 2.46 bits per heavy atom. The fraction of sp³-hybridized carbons (Fsp3) is 0.400. The molecule has 1 saturated heterocycles. The van der Waals surface area contributed by atoms with Crippen LogP contribution in [0.4, 0.5) is 5.69 Å². The molecule has 0 unspecified atom stereocenters. The summed E-state index contributed by atoms with van der Waals surface area (Å²) in [4.78, 5) is 24.5. The Kier molecular flexibility index (Phi) is 4.43. The molecule has 1 fully saturated rings. The molecule has 0 spiro atoms. The van der Waals surface area contributed by atoms with Gasteiger partial charge in [0.25, 0.3) is 11.6 Å². The molecule has 9 heteroatoms. The van der Waals surface area contributed by atoms with E-state index in [4.69, 9.17) is 12.2 Å². The molecule has 2 heterocycles. The predicted molar refractivity (Wildman–Crippen MR) is 89.4 cm³/mol. The molecule has 0 aliphatic carbocycles. The summed E-state index contributed by atoms with van der Waals surface area (Å²) in [6, 6.07) is 5.72. The van der Waals surface area contributed by atoms with Crippen molar-refractivity contribution in [3.63, 3.8) is 0 Å². The Morgan fingerprint density at radius 1 is 1.33 bits per heavy atom. The number of nitro groups is 1. The molecule has 24 heavy (non-hydrogen) atoms. The van der Waals surface area contributed by atoms with Crippen molar-refractivity contribution in [3.8, 4) is 0 Å². The Balaban J connectivity index is 1.65. The van der Waals surface area contributed by atoms with Gasteiger partial charge in [0.2, 0.25) is 0 Å². The van der Waals surface area contributed by atoms with Crippen LogP contribution in [0.3, 0.4) is 0 Å². The monoisotopic (exact) mass is 347 g/mol. The van der Waals surface area contributed by atoms with E-state index in [0.717, 1.165) is 18.7 Å². The molecular formula is C15H17N5O3S. The summed E-state index contributed by atoms with van der Waals surface area (Å²) in [5, 5.41) is 17.7. The number of benzene rings is 1. The summed E-state index contributed by atoms with van der Waals surface area (Å²) in [5.41, 5.74) is 0.452. The summed E-state index contributed by atoms with van der Waals surface area (Å²) in [7, 11) is 1.88. The van der Waals surface area contributed by atoms with Crippen molar-refractivity contribution in [1.29, 1.82) is 0 Å². The van der Waals surface area contributed by atoms with Gasteiger partial charge in [0.15, 0.2) is 4.77 Å². The van der Waals surface area contributed by atoms with Crippen LogP contribution in [0.15, 0.2) is 24.3 Å². The summed E-state index contributed by atoms with van der Waals surface area (Å²) in [5.74, 6) is 1.09. The zero-order valence-corrected chi connectivity index (χ0v) is 14.0. The van der Waals surface area contributed by atoms with Gasteiger partial charge < -0.3 is 9.47 Å². The van der Waals surface area contributed by atoms with Crippen LogP contribution in [0, 0.1) is 14.9 Å². The van der Waals surface area contributed by atoms with Gasteiger partial charge in [-0.3, -0.25) is 20.0 Å². The van der Waals surface area contributed by atoms with Gasteiger partial charge >= 0.3 is 0 Å². The molecule has 1 N–H and O–H groups in total. The second kappa shape index (κ2) is 6.52. The van der Waals surface area contributed by atoms with Gasteiger partial charge in [-0.1, -0.05) is 0 Å². The molecule has 3 rings (SSSR count). The molecule has 2 aromatic rings. The number of rotatable bonds is 3. The normalized spacial score (nSPS) is 15.5. The van der Waals surface area contributed by atoms with E-state index in [0.29, 0.717) is 23.4 Å². The Morgan fingerprint density at radius 2 is 1.96 bits per heavy atom. The molecule has 0 atom stereocenters. The van der Waals surface area contributed by atoms with Crippen LogP contribution in [0.5, 0.6) is 0 Å². The number of hydrogen-bond donors (Lipinski definition) is 1. The number of nitro benzene ring substituents is 1. The first-order valence-electron chi connectivity index (χ1n) is 7.62. The number of aromatic amines is 1. The quantitative estimate of drug-likeness (QED) is 0.522. The van der Waals surface area contributed by atoms with Crippen molar-refractivity contribution in [2.45, 2.75) is 18.8 Å². The molecule has 0 radical (unpaired) electrons. The number of non-ortho nitro benzene ring substituents is 1. The van der Waals surface area contributed by atoms with E-state index >= 15 is 0 Å². The third-order valence-electron chi connectivity index (χ3n) is 4.39. The Bertz CT molecular complexity index is 818. The lowest BCUT2D eigenvalue weighted by atomic mass is 9.95. The highest BCUT2D eigenvalue weighted by Gasteiger charge is 2.27. The van der Waals surface area contributed by atoms with Crippen molar-refractivity contribution in [3.05, 3.63) is 50.5 Å². The lowest BCUT2D eigenvalue weighted by molar-refractivity contribution is -0.384. The lowest BCUT2D eigenvalue weighted by Crippen LogP contribution is -2.38. The fourth-order valence-corrected chi connectivity index (χ4v) is 3.11. The summed E-state index contributed by atoms with van der Waals surface area (Å²) in [6.45, 7) is 1.25. The molecular weight excluding hydrogens is 330 g/mol. The van der Waals surface area contributed by atoms with Crippen LogP contribution in [0.25, 0.3) is 0 Å². The lowest BCUT2D eigenvalue weighted by Gasteiger charge is -2.31. The van der Waals surface area contributed by atoms with Gasteiger partial charge in [0, 0.05) is 43.8 Å². The maximum absolute atomic E-state index is 12.5. The number of H-pyrrole nitrogens is 1. The van der Waals surface area contributed by atoms with Crippen molar-refractivity contribution in [2.75, 3.05) is 13.1 Å². The number of carbonyl (C=O) groups is 1. The van der Waals surface area contributed by atoms with Gasteiger partial charge in [-0.15, -0.1) is 0 Å². The second-order valence-corrected chi connectivity index (χ2v) is 6.20. The minimum absolute atomic E-state index is 0.0176. The molecule has 126 valence electrons. The molecule has 0 bridgehead atoms. The molecule has 1 aliphatic rings. The largest absolute Gasteiger partial charge is 0.339 e. The molecule has 1 aromatic heterocycles. The average Bonchev–Trinajstić information content (AvgIpc) is 2.94. The van der Waals surface area contributed by atoms with Crippen molar-refractivity contribution >= 4 is 23.8 Å². The van der Waals surface area contributed by atoms with E-state index in [1.165, 1.54) is 24.3 Å². The van der Waals surface area contributed by atoms with E-state index < -0.39 is 4.92 Å². The van der Waals surface area contributed by atoms with Crippen molar-refractivity contribution < 1.29 is 9.72 Å². The van der Waals surface area contributed by atoms with E-state index in [1.807, 2.05) is 11.6 Å². The number of hydrogen-bond acceptors (Lipinski definition) is 5. The van der Waals surface area contributed by atoms with Gasteiger partial charge in [0.1, 0.15) is 5.82 Å². The molecule has 1 aliphatic heterocycles. The van der Waals surface area contributed by atoms with Gasteiger partial charge in [-0.2, -0.15) is 5.10 Å². The number of carbonyl (C=O) groups excluding carboxylic acids is 1. The van der Waals surface area contributed by atoms with E-state index in [9.17, 15) is 14.9 Å². The van der Waals surface area contributed by atoms with Crippen LogP contribution < -0.4 is 0 Å². The van der Waals surface area contributed by atoms with E-state index in [-0.39, 0.29) is 17.5 Å². The molecule has 1 aromatic carbocycles. The first-order chi connectivity index (χ1) is 11.5. The van der Waals surface area contributed by atoms with Crippen LogP contribution in [-0.2, 0) is 7.05 Å². The number of aromatic nitrogens is 3. The van der Waals surface area contributed by atoms with Crippen molar-refractivity contribution in [2.24, 2.45) is 7.05 Å². The van der Waals surface area contributed by atoms with Gasteiger partial charge in [-0.25, -0.2) is 0 Å². The number of nitrogens with one attached hydrogen (secondary N) is 1. The topological polar surface area (TPSA) is 97.1 Å². The molecule has 0 saturated carbocycles. The van der Waals surface area contributed by atoms with Crippen LogP contribution in [0.1, 0.15) is 34.9 Å². The van der Waals surface area contributed by atoms with Gasteiger partial charge in [-0.05, 0) is 37.2 Å². The highest BCUT2D eigenvalue weighted by atomic mass is 32.1. The third kappa shape index (κ3) is 3.07. The van der Waals surface area contributed by atoms with E-state index in [2.05, 4.69) is 10.2 Å². The minimum atomic E-state index is -0.475. The second-order valence-electron chi connectivity index (χ2n) is 5.82. The zero-order valence-electron chi connectivity index (χ0n) is 13.1. The molecule has 1 amide bonds. The number of amides is 1. The predicted octanol–water partition coefficient (Wildman–Crippen LogP) is 2.41. The highest BCUT2D eigenvalue weighted by molar-refractivity contribution is 7.71. The maximum Gasteiger partial charge on any atom is 0.269 e. The number of likely N-dealkylation sites (tertiary alicyclic amines) is 1. The first kappa shape index (κ1) is 16.3. The average molecular weight is 347 g/mol.